The number of hydrogen-bond donors (Lipinski definition) is 0. The van der Waals surface area contributed by atoms with E-state index >= 15 is 0 Å². The molecule has 0 aliphatic carbocycles. The Balaban J connectivity index is 1.85. The standard InChI is InChI=1S/C21H28FN3O2S/c1-13-12-25(20(26)27-21(4,5)6)14(2)11-24(13)19-18(23-15(3)28-19)16-7-9-17(22)10-8-16/h7-10,13-14H,11-12H2,1-6H3/t13-,14-/m0/s1. The van der Waals surface area contributed by atoms with Crippen molar-refractivity contribution in [1.29, 1.82) is 0 Å². The fourth-order valence-corrected chi connectivity index (χ4v) is 4.44. The molecular formula is C21H28FN3O2S. The predicted octanol–water partition coefficient (Wildman–Crippen LogP) is 5.09. The number of rotatable bonds is 2. The van der Waals surface area contributed by atoms with Gasteiger partial charge in [0.15, 0.2) is 0 Å². The first-order chi connectivity index (χ1) is 13.0. The number of ether oxygens (including phenoxy) is 1. The molecule has 1 fully saturated rings. The van der Waals surface area contributed by atoms with Gasteiger partial charge in [0.2, 0.25) is 0 Å². The third-order valence-electron chi connectivity index (χ3n) is 4.71. The van der Waals surface area contributed by atoms with E-state index in [-0.39, 0.29) is 24.0 Å². The number of halogens is 1. The highest BCUT2D eigenvalue weighted by atomic mass is 32.1. The highest BCUT2D eigenvalue weighted by molar-refractivity contribution is 7.16. The maximum Gasteiger partial charge on any atom is 0.410 e. The molecule has 0 N–H and O–H groups in total. The van der Waals surface area contributed by atoms with E-state index in [2.05, 4.69) is 11.8 Å². The second kappa shape index (κ2) is 7.70. The summed E-state index contributed by atoms with van der Waals surface area (Å²) in [5.74, 6) is -0.259. The summed E-state index contributed by atoms with van der Waals surface area (Å²) in [6.45, 7) is 13.0. The van der Waals surface area contributed by atoms with Crippen LogP contribution in [-0.4, -0.2) is 46.8 Å². The van der Waals surface area contributed by atoms with Crippen molar-refractivity contribution in [1.82, 2.24) is 9.88 Å². The van der Waals surface area contributed by atoms with E-state index in [9.17, 15) is 9.18 Å². The number of carbonyl (C=O) groups is 1. The summed E-state index contributed by atoms with van der Waals surface area (Å²) in [5.41, 5.74) is 1.25. The first-order valence-corrected chi connectivity index (χ1v) is 10.4. The van der Waals surface area contributed by atoms with Crippen molar-refractivity contribution < 1.29 is 13.9 Å². The normalized spacial score (nSPS) is 20.4. The number of carbonyl (C=O) groups excluding carboxylic acids is 1. The van der Waals surface area contributed by atoms with E-state index in [0.29, 0.717) is 13.1 Å². The highest BCUT2D eigenvalue weighted by Crippen LogP contribution is 2.38. The lowest BCUT2D eigenvalue weighted by molar-refractivity contribution is 0.0131. The number of amides is 1. The summed E-state index contributed by atoms with van der Waals surface area (Å²) in [6.07, 6.45) is -0.272. The van der Waals surface area contributed by atoms with E-state index in [1.54, 1.807) is 28.4 Å². The van der Waals surface area contributed by atoms with Gasteiger partial charge in [-0.2, -0.15) is 0 Å². The Kier molecular flexibility index (Phi) is 5.66. The van der Waals surface area contributed by atoms with Gasteiger partial charge in [-0.15, -0.1) is 11.3 Å². The van der Waals surface area contributed by atoms with Crippen molar-refractivity contribution >= 4 is 22.4 Å². The average molecular weight is 406 g/mol. The molecule has 1 aromatic heterocycles. The molecule has 0 radical (unpaired) electrons. The van der Waals surface area contributed by atoms with Gasteiger partial charge in [0.1, 0.15) is 22.1 Å². The molecule has 152 valence electrons. The van der Waals surface area contributed by atoms with Crippen LogP contribution in [0, 0.1) is 12.7 Å². The third kappa shape index (κ3) is 4.46. The van der Waals surface area contributed by atoms with Crippen molar-refractivity contribution in [2.24, 2.45) is 0 Å². The minimum Gasteiger partial charge on any atom is -0.444 e. The average Bonchev–Trinajstić information content (AvgIpc) is 2.97. The molecule has 5 nitrogen and oxygen atoms in total. The van der Waals surface area contributed by atoms with Crippen LogP contribution in [0.3, 0.4) is 0 Å². The molecule has 28 heavy (non-hydrogen) atoms. The van der Waals surface area contributed by atoms with Gasteiger partial charge < -0.3 is 14.5 Å². The molecular weight excluding hydrogens is 377 g/mol. The van der Waals surface area contributed by atoms with Crippen LogP contribution < -0.4 is 4.90 Å². The minimum absolute atomic E-state index is 0.00882. The molecule has 0 unspecified atom stereocenters. The van der Waals surface area contributed by atoms with Crippen LogP contribution in [0.15, 0.2) is 24.3 Å². The van der Waals surface area contributed by atoms with Crippen LogP contribution >= 0.6 is 11.3 Å². The lowest BCUT2D eigenvalue weighted by Gasteiger charge is -2.44. The zero-order valence-corrected chi connectivity index (χ0v) is 18.1. The van der Waals surface area contributed by atoms with Crippen molar-refractivity contribution in [3.05, 3.63) is 35.1 Å². The maximum absolute atomic E-state index is 13.3. The summed E-state index contributed by atoms with van der Waals surface area (Å²) in [4.78, 5) is 21.4. The van der Waals surface area contributed by atoms with Gasteiger partial charge in [-0.25, -0.2) is 14.2 Å². The Morgan fingerprint density at radius 3 is 2.43 bits per heavy atom. The molecule has 1 amide bonds. The Labute approximate surface area is 170 Å². The lowest BCUT2D eigenvalue weighted by Crippen LogP contribution is -2.58. The van der Waals surface area contributed by atoms with Crippen LogP contribution in [0.2, 0.25) is 0 Å². The zero-order chi connectivity index (χ0) is 20.6. The van der Waals surface area contributed by atoms with Gasteiger partial charge >= 0.3 is 6.09 Å². The largest absolute Gasteiger partial charge is 0.444 e. The first kappa shape index (κ1) is 20.6. The summed E-state index contributed by atoms with van der Waals surface area (Å²) in [6, 6.07) is 6.56. The smallest absolute Gasteiger partial charge is 0.410 e. The Bertz CT molecular complexity index is 844. The summed E-state index contributed by atoms with van der Waals surface area (Å²) < 4.78 is 18.9. The zero-order valence-electron chi connectivity index (χ0n) is 17.3. The first-order valence-electron chi connectivity index (χ1n) is 9.55. The molecule has 0 saturated carbocycles. The molecule has 1 aliphatic heterocycles. The van der Waals surface area contributed by atoms with Gasteiger partial charge in [-0.3, -0.25) is 0 Å². The fraction of sp³-hybridized carbons (Fsp3) is 0.524. The quantitative estimate of drug-likeness (QED) is 0.698. The number of benzene rings is 1. The number of aryl methyl sites for hydroxylation is 1. The Hall–Kier alpha value is -2.15. The molecule has 0 spiro atoms. The number of nitrogens with zero attached hydrogens (tertiary/aromatic N) is 3. The highest BCUT2D eigenvalue weighted by Gasteiger charge is 2.36. The van der Waals surface area contributed by atoms with Crippen molar-refractivity contribution in [3.63, 3.8) is 0 Å². The Morgan fingerprint density at radius 1 is 1.18 bits per heavy atom. The molecule has 1 saturated heterocycles. The second-order valence-corrected chi connectivity index (χ2v) is 9.56. The molecule has 7 heteroatoms. The number of anilines is 1. The van der Waals surface area contributed by atoms with Gasteiger partial charge in [0.25, 0.3) is 0 Å². The summed E-state index contributed by atoms with van der Waals surface area (Å²) in [5, 5.41) is 2.02. The van der Waals surface area contributed by atoms with Crippen molar-refractivity contribution in [2.45, 2.75) is 59.2 Å². The molecule has 0 bridgehead atoms. The van der Waals surface area contributed by atoms with Gasteiger partial charge in [-0.1, -0.05) is 0 Å². The topological polar surface area (TPSA) is 45.7 Å². The summed E-state index contributed by atoms with van der Waals surface area (Å²) in [7, 11) is 0. The monoisotopic (exact) mass is 405 g/mol. The van der Waals surface area contributed by atoms with Crippen LogP contribution in [-0.2, 0) is 4.74 Å². The van der Waals surface area contributed by atoms with E-state index in [1.807, 2.05) is 34.6 Å². The van der Waals surface area contributed by atoms with E-state index in [0.717, 1.165) is 21.3 Å². The van der Waals surface area contributed by atoms with E-state index in [4.69, 9.17) is 9.72 Å². The fourth-order valence-electron chi connectivity index (χ4n) is 3.39. The van der Waals surface area contributed by atoms with Crippen LogP contribution in [0.4, 0.5) is 14.2 Å². The molecule has 3 rings (SSSR count). The Morgan fingerprint density at radius 2 is 1.82 bits per heavy atom. The maximum atomic E-state index is 13.3. The second-order valence-electron chi connectivity index (χ2n) is 8.38. The van der Waals surface area contributed by atoms with Gasteiger partial charge in [0.05, 0.1) is 5.01 Å². The van der Waals surface area contributed by atoms with Crippen LogP contribution in [0.25, 0.3) is 11.3 Å². The number of thiazole rings is 1. The molecule has 2 aromatic rings. The number of hydrogen-bond acceptors (Lipinski definition) is 5. The molecule has 2 heterocycles. The predicted molar refractivity (Wildman–Crippen MR) is 111 cm³/mol. The molecule has 1 aliphatic rings. The summed E-state index contributed by atoms with van der Waals surface area (Å²) >= 11 is 1.63. The molecule has 1 aromatic carbocycles. The van der Waals surface area contributed by atoms with Crippen molar-refractivity contribution in [3.8, 4) is 11.3 Å². The van der Waals surface area contributed by atoms with Gasteiger partial charge in [-0.05, 0) is 65.8 Å². The van der Waals surface area contributed by atoms with E-state index in [1.165, 1.54) is 12.1 Å². The molecule has 2 atom stereocenters. The van der Waals surface area contributed by atoms with Crippen LogP contribution in [0.1, 0.15) is 39.6 Å². The minimum atomic E-state index is -0.512. The van der Waals surface area contributed by atoms with E-state index < -0.39 is 5.60 Å². The SMILES string of the molecule is Cc1nc(-c2ccc(F)cc2)c(N2C[C@H](C)N(C(=O)OC(C)(C)C)C[C@@H]2C)s1. The van der Waals surface area contributed by atoms with Crippen molar-refractivity contribution in [2.75, 3.05) is 18.0 Å². The number of aromatic nitrogens is 1. The third-order valence-corrected chi connectivity index (χ3v) is 5.72. The van der Waals surface area contributed by atoms with Crippen LogP contribution in [0.5, 0.6) is 0 Å². The lowest BCUT2D eigenvalue weighted by atomic mass is 10.1. The number of piperazine rings is 1. The van der Waals surface area contributed by atoms with Gasteiger partial charge in [0, 0.05) is 30.7 Å².